The van der Waals surface area contributed by atoms with Gasteiger partial charge in [0.25, 0.3) is 10.1 Å². The summed E-state index contributed by atoms with van der Waals surface area (Å²) >= 11 is 0. The number of unbranched alkanes of at least 4 members (excludes halogenated alkanes) is 2. The molecule has 2 atom stereocenters. The van der Waals surface area contributed by atoms with Gasteiger partial charge in [-0.05, 0) is 37.8 Å². The Morgan fingerprint density at radius 1 is 1.28 bits per heavy atom. The van der Waals surface area contributed by atoms with Crippen LogP contribution in [-0.2, 0) is 20.7 Å². The fourth-order valence-corrected chi connectivity index (χ4v) is 4.86. The molecule has 25 heavy (non-hydrogen) atoms. The van der Waals surface area contributed by atoms with E-state index >= 15 is 0 Å². The van der Waals surface area contributed by atoms with Gasteiger partial charge in [-0.15, -0.1) is 0 Å². The van der Waals surface area contributed by atoms with Crippen molar-refractivity contribution in [3.63, 3.8) is 0 Å². The number of nitrogens with one attached hydrogen (secondary N) is 1. The van der Waals surface area contributed by atoms with Gasteiger partial charge in [0, 0.05) is 10.9 Å². The third-order valence-electron chi connectivity index (χ3n) is 4.97. The van der Waals surface area contributed by atoms with Crippen LogP contribution in [0.4, 0.5) is 0 Å². The largest absolute Gasteiger partial charge is 0.352 e. The molecule has 0 radical (unpaired) electrons. The monoisotopic (exact) mass is 363 g/mol. The summed E-state index contributed by atoms with van der Waals surface area (Å²) in [6.45, 7) is 3.71. The van der Waals surface area contributed by atoms with Gasteiger partial charge < -0.3 is 4.98 Å². The van der Waals surface area contributed by atoms with Gasteiger partial charge in [0.1, 0.15) is 0 Å². The number of rotatable bonds is 7. The molecule has 1 aromatic heterocycles. The Labute approximate surface area is 148 Å². The van der Waals surface area contributed by atoms with E-state index in [1.807, 2.05) is 31.2 Å². The normalized spacial score (nSPS) is 19.1. The number of fused-ring (bicyclic) bond motifs is 3. The number of aromatic nitrogens is 1. The molecule has 0 bridgehead atoms. The molecule has 1 aromatic carbocycles. The SMILES string of the molecule is CCCCCS(=O)(=O)OC(C)C1CCc2c([nH]c3ccccc23)C1=O. The van der Waals surface area contributed by atoms with Crippen LogP contribution in [0, 0.1) is 5.92 Å². The second kappa shape index (κ2) is 7.30. The molecule has 0 saturated carbocycles. The standard InChI is InChI=1S/C19H25NO4S/c1-3-4-7-12-25(22,23)24-13(2)14-10-11-16-15-8-5-6-9-17(15)20-18(16)19(14)21/h5-6,8-9,13-14,20H,3-4,7,10-12H2,1-2H3. The number of hydrogen-bond donors (Lipinski definition) is 1. The van der Waals surface area contributed by atoms with Crippen molar-refractivity contribution >= 4 is 26.8 Å². The fourth-order valence-electron chi connectivity index (χ4n) is 3.61. The van der Waals surface area contributed by atoms with Gasteiger partial charge >= 0.3 is 0 Å². The summed E-state index contributed by atoms with van der Waals surface area (Å²) in [7, 11) is -3.59. The fraction of sp³-hybridized carbons (Fsp3) is 0.526. The van der Waals surface area contributed by atoms with Gasteiger partial charge in [0.2, 0.25) is 0 Å². The summed E-state index contributed by atoms with van der Waals surface area (Å²) in [5, 5.41) is 1.07. The van der Waals surface area contributed by atoms with Crippen LogP contribution in [0.3, 0.4) is 0 Å². The molecule has 5 nitrogen and oxygen atoms in total. The van der Waals surface area contributed by atoms with Crippen LogP contribution in [0.2, 0.25) is 0 Å². The van der Waals surface area contributed by atoms with E-state index in [9.17, 15) is 13.2 Å². The number of ketones is 1. The summed E-state index contributed by atoms with van der Waals surface area (Å²) in [4.78, 5) is 16.1. The van der Waals surface area contributed by atoms with E-state index in [1.165, 1.54) is 0 Å². The maximum absolute atomic E-state index is 12.9. The number of Topliss-reactive ketones (excluding diaryl/α,β-unsaturated/α-hetero) is 1. The van der Waals surface area contributed by atoms with E-state index in [0.717, 1.165) is 35.7 Å². The minimum absolute atomic E-state index is 0.0176. The second-order valence-corrected chi connectivity index (χ2v) is 8.52. The molecule has 0 amide bonds. The lowest BCUT2D eigenvalue weighted by Crippen LogP contribution is -2.34. The second-order valence-electron chi connectivity index (χ2n) is 6.80. The number of para-hydroxylation sites is 1. The van der Waals surface area contributed by atoms with E-state index in [1.54, 1.807) is 6.92 Å². The minimum atomic E-state index is -3.59. The van der Waals surface area contributed by atoms with Crippen LogP contribution in [0.5, 0.6) is 0 Å². The highest BCUT2D eigenvalue weighted by Gasteiger charge is 2.36. The van der Waals surface area contributed by atoms with Gasteiger partial charge in [-0.1, -0.05) is 38.0 Å². The van der Waals surface area contributed by atoms with E-state index in [0.29, 0.717) is 18.5 Å². The Balaban J connectivity index is 1.75. The molecular formula is C19H25NO4S. The number of carbonyl (C=O) groups excluding carboxylic acids is 1. The number of hydrogen-bond acceptors (Lipinski definition) is 4. The van der Waals surface area contributed by atoms with Gasteiger partial charge in [0.05, 0.1) is 23.5 Å². The van der Waals surface area contributed by atoms with Gasteiger partial charge in [-0.3, -0.25) is 8.98 Å². The Bertz CT molecular complexity index is 869. The molecule has 1 N–H and O–H groups in total. The highest BCUT2D eigenvalue weighted by atomic mass is 32.2. The van der Waals surface area contributed by atoms with Crippen LogP contribution >= 0.6 is 0 Å². The summed E-state index contributed by atoms with van der Waals surface area (Å²) in [5.74, 6) is -0.459. The summed E-state index contributed by atoms with van der Waals surface area (Å²) < 4.78 is 29.5. The van der Waals surface area contributed by atoms with Crippen molar-refractivity contribution in [3.8, 4) is 0 Å². The van der Waals surface area contributed by atoms with Crippen molar-refractivity contribution in [3.05, 3.63) is 35.5 Å². The Morgan fingerprint density at radius 3 is 2.80 bits per heavy atom. The van der Waals surface area contributed by atoms with Crippen molar-refractivity contribution in [2.75, 3.05) is 5.75 Å². The molecule has 0 saturated heterocycles. The van der Waals surface area contributed by atoms with Gasteiger partial charge in [-0.2, -0.15) is 8.42 Å². The van der Waals surface area contributed by atoms with Crippen molar-refractivity contribution in [1.82, 2.24) is 4.98 Å². The highest BCUT2D eigenvalue weighted by Crippen LogP contribution is 2.33. The zero-order valence-corrected chi connectivity index (χ0v) is 15.6. The first kappa shape index (κ1) is 18.1. The molecule has 2 aromatic rings. The van der Waals surface area contributed by atoms with Crippen LogP contribution in [0.1, 0.15) is 55.6 Å². The summed E-state index contributed by atoms with van der Waals surface area (Å²) in [6, 6.07) is 7.85. The van der Waals surface area contributed by atoms with E-state index in [-0.39, 0.29) is 11.5 Å². The van der Waals surface area contributed by atoms with Crippen LogP contribution in [0.25, 0.3) is 10.9 Å². The zero-order chi connectivity index (χ0) is 18.0. The number of benzene rings is 1. The predicted octanol–water partition coefficient (Wildman–Crippen LogP) is 3.84. The van der Waals surface area contributed by atoms with Crippen LogP contribution < -0.4 is 0 Å². The van der Waals surface area contributed by atoms with Gasteiger partial charge in [0.15, 0.2) is 5.78 Å². The number of aryl methyl sites for hydroxylation is 1. The lowest BCUT2D eigenvalue weighted by molar-refractivity contribution is 0.0752. The topological polar surface area (TPSA) is 76.2 Å². The number of carbonyl (C=O) groups is 1. The summed E-state index contributed by atoms with van der Waals surface area (Å²) in [6.07, 6.45) is 3.13. The smallest absolute Gasteiger partial charge is 0.267 e. The Hall–Kier alpha value is -1.66. The van der Waals surface area contributed by atoms with E-state index in [4.69, 9.17) is 4.18 Å². The van der Waals surface area contributed by atoms with Crippen molar-refractivity contribution < 1.29 is 17.4 Å². The highest BCUT2D eigenvalue weighted by molar-refractivity contribution is 7.86. The Morgan fingerprint density at radius 2 is 2.04 bits per heavy atom. The maximum atomic E-state index is 12.9. The predicted molar refractivity (Wildman–Crippen MR) is 98.3 cm³/mol. The van der Waals surface area contributed by atoms with E-state index < -0.39 is 22.1 Å². The van der Waals surface area contributed by atoms with E-state index in [2.05, 4.69) is 4.98 Å². The molecule has 1 aliphatic carbocycles. The molecule has 1 aliphatic rings. The molecular weight excluding hydrogens is 338 g/mol. The molecule has 0 fully saturated rings. The van der Waals surface area contributed by atoms with Gasteiger partial charge in [-0.25, -0.2) is 0 Å². The molecule has 136 valence electrons. The quantitative estimate of drug-likeness (QED) is 0.599. The molecule has 3 rings (SSSR count). The van der Waals surface area contributed by atoms with Crippen LogP contribution in [-0.4, -0.2) is 31.0 Å². The van der Waals surface area contributed by atoms with Crippen molar-refractivity contribution in [2.45, 2.75) is 52.1 Å². The molecule has 6 heteroatoms. The van der Waals surface area contributed by atoms with Crippen molar-refractivity contribution in [2.24, 2.45) is 5.92 Å². The first-order chi connectivity index (χ1) is 11.9. The zero-order valence-electron chi connectivity index (χ0n) is 14.7. The average Bonchev–Trinajstić information content (AvgIpc) is 2.94. The summed E-state index contributed by atoms with van der Waals surface area (Å²) in [5.41, 5.74) is 2.59. The third kappa shape index (κ3) is 3.80. The Kier molecular flexibility index (Phi) is 5.29. The molecule has 2 unspecified atom stereocenters. The molecule has 0 spiro atoms. The van der Waals surface area contributed by atoms with Crippen molar-refractivity contribution in [1.29, 1.82) is 0 Å². The maximum Gasteiger partial charge on any atom is 0.267 e. The minimum Gasteiger partial charge on any atom is -0.352 e. The number of aromatic amines is 1. The first-order valence-corrected chi connectivity index (χ1v) is 10.6. The molecule has 0 aliphatic heterocycles. The number of H-pyrrole nitrogens is 1. The first-order valence-electron chi connectivity index (χ1n) is 8.97. The molecule has 1 heterocycles. The lowest BCUT2D eigenvalue weighted by Gasteiger charge is -2.26. The lowest BCUT2D eigenvalue weighted by atomic mass is 9.83. The third-order valence-corrected chi connectivity index (χ3v) is 6.35. The average molecular weight is 363 g/mol. The van der Waals surface area contributed by atoms with Crippen LogP contribution in [0.15, 0.2) is 24.3 Å².